The maximum absolute atomic E-state index is 11.7. The highest BCUT2D eigenvalue weighted by atomic mass is 16.5. The van der Waals surface area contributed by atoms with Gasteiger partial charge in [0.05, 0.1) is 6.10 Å². The zero-order valence-corrected chi connectivity index (χ0v) is 10.7. The second-order valence-corrected chi connectivity index (χ2v) is 5.28. The summed E-state index contributed by atoms with van der Waals surface area (Å²) in [6.07, 6.45) is 11.2. The van der Waals surface area contributed by atoms with Gasteiger partial charge in [-0.25, -0.2) is 0 Å². The molecule has 1 saturated heterocycles. The predicted octanol–water partition coefficient (Wildman–Crippen LogP) is 3.21. The molecule has 3 heteroatoms. The molecule has 1 heterocycles. The fraction of sp³-hybridized carbons (Fsp3) is 0.929. The molecule has 0 aromatic rings. The number of carbonyl (C=O) groups is 1. The van der Waals surface area contributed by atoms with Gasteiger partial charge in [0.25, 0.3) is 0 Å². The third-order valence-corrected chi connectivity index (χ3v) is 3.79. The van der Waals surface area contributed by atoms with E-state index < -0.39 is 0 Å². The summed E-state index contributed by atoms with van der Waals surface area (Å²) in [5.74, 6) is -0.0209. The van der Waals surface area contributed by atoms with Gasteiger partial charge in [-0.15, -0.1) is 0 Å². The lowest BCUT2D eigenvalue weighted by Crippen LogP contribution is -2.18. The molecule has 0 N–H and O–H groups in total. The zero-order valence-electron chi connectivity index (χ0n) is 10.7. The molecule has 0 radical (unpaired) electrons. The average Bonchev–Trinajstić information content (AvgIpc) is 2.72. The molecule has 2 fully saturated rings. The number of carbonyl (C=O) groups excluding carboxylic acids is 1. The lowest BCUT2D eigenvalue weighted by molar-refractivity contribution is -0.150. The molecular formula is C14H24O3. The number of rotatable bonds is 4. The van der Waals surface area contributed by atoms with Crippen LogP contribution in [-0.2, 0) is 14.3 Å². The number of hydrogen-bond donors (Lipinski definition) is 0. The van der Waals surface area contributed by atoms with E-state index in [9.17, 15) is 4.79 Å². The molecule has 98 valence electrons. The van der Waals surface area contributed by atoms with E-state index in [1.54, 1.807) is 0 Å². The van der Waals surface area contributed by atoms with Crippen molar-refractivity contribution in [1.29, 1.82) is 0 Å². The van der Waals surface area contributed by atoms with Crippen LogP contribution in [-0.4, -0.2) is 24.8 Å². The van der Waals surface area contributed by atoms with Gasteiger partial charge in [0.1, 0.15) is 6.10 Å². The van der Waals surface area contributed by atoms with Gasteiger partial charge in [-0.05, 0) is 44.9 Å². The first-order valence-corrected chi connectivity index (χ1v) is 7.15. The van der Waals surface area contributed by atoms with Crippen LogP contribution in [0.3, 0.4) is 0 Å². The molecule has 0 aromatic heterocycles. The molecule has 2 aliphatic rings. The van der Waals surface area contributed by atoms with Crippen molar-refractivity contribution in [3.05, 3.63) is 0 Å². The van der Waals surface area contributed by atoms with Crippen LogP contribution in [0.25, 0.3) is 0 Å². The predicted molar refractivity (Wildman–Crippen MR) is 65.8 cm³/mol. The number of hydrogen-bond acceptors (Lipinski definition) is 3. The van der Waals surface area contributed by atoms with Crippen LogP contribution in [0.15, 0.2) is 0 Å². The Morgan fingerprint density at radius 3 is 2.47 bits per heavy atom. The summed E-state index contributed by atoms with van der Waals surface area (Å²) in [6, 6.07) is 0. The van der Waals surface area contributed by atoms with E-state index >= 15 is 0 Å². The minimum Gasteiger partial charge on any atom is -0.462 e. The molecule has 1 aliphatic heterocycles. The lowest BCUT2D eigenvalue weighted by atomic mass is 10.1. The van der Waals surface area contributed by atoms with Gasteiger partial charge in [-0.1, -0.05) is 12.8 Å². The van der Waals surface area contributed by atoms with Crippen LogP contribution in [0, 0.1) is 0 Å². The lowest BCUT2D eigenvalue weighted by Gasteiger charge is -2.16. The molecule has 0 bridgehead atoms. The van der Waals surface area contributed by atoms with Gasteiger partial charge in [0.2, 0.25) is 0 Å². The van der Waals surface area contributed by atoms with E-state index in [1.807, 2.05) is 0 Å². The van der Waals surface area contributed by atoms with Crippen LogP contribution in [0.5, 0.6) is 0 Å². The molecule has 1 aliphatic carbocycles. The van der Waals surface area contributed by atoms with Gasteiger partial charge >= 0.3 is 5.97 Å². The van der Waals surface area contributed by atoms with E-state index in [2.05, 4.69) is 0 Å². The van der Waals surface area contributed by atoms with Gasteiger partial charge in [-0.2, -0.15) is 0 Å². The van der Waals surface area contributed by atoms with E-state index in [1.165, 1.54) is 25.7 Å². The van der Waals surface area contributed by atoms with Crippen molar-refractivity contribution < 1.29 is 14.3 Å². The topological polar surface area (TPSA) is 35.5 Å². The first-order valence-electron chi connectivity index (χ1n) is 7.15. The van der Waals surface area contributed by atoms with Gasteiger partial charge in [0, 0.05) is 13.0 Å². The molecule has 3 nitrogen and oxygen atoms in total. The van der Waals surface area contributed by atoms with E-state index in [0.29, 0.717) is 12.5 Å². The van der Waals surface area contributed by atoms with Crippen molar-refractivity contribution in [2.24, 2.45) is 0 Å². The first-order chi connectivity index (χ1) is 8.34. The van der Waals surface area contributed by atoms with E-state index in [4.69, 9.17) is 9.47 Å². The monoisotopic (exact) mass is 240 g/mol. The third-order valence-electron chi connectivity index (χ3n) is 3.79. The number of ether oxygens (including phenoxy) is 2. The summed E-state index contributed by atoms with van der Waals surface area (Å²) in [5, 5.41) is 0. The Bertz CT molecular complexity index is 226. The number of esters is 1. The summed E-state index contributed by atoms with van der Waals surface area (Å²) in [6.45, 7) is 0.863. The fourth-order valence-electron chi connectivity index (χ4n) is 2.76. The Balaban J connectivity index is 1.61. The molecular weight excluding hydrogens is 216 g/mol. The summed E-state index contributed by atoms with van der Waals surface area (Å²) in [7, 11) is 0. The molecule has 1 saturated carbocycles. The Hall–Kier alpha value is -0.570. The van der Waals surface area contributed by atoms with Gasteiger partial charge in [-0.3, -0.25) is 4.79 Å². The second-order valence-electron chi connectivity index (χ2n) is 5.28. The van der Waals surface area contributed by atoms with E-state index in [0.717, 1.165) is 38.7 Å². The summed E-state index contributed by atoms with van der Waals surface area (Å²) in [4.78, 5) is 11.7. The van der Waals surface area contributed by atoms with Gasteiger partial charge in [0.15, 0.2) is 0 Å². The maximum Gasteiger partial charge on any atom is 0.306 e. The van der Waals surface area contributed by atoms with Crippen LogP contribution in [0.4, 0.5) is 0 Å². The van der Waals surface area contributed by atoms with Gasteiger partial charge < -0.3 is 9.47 Å². The Kier molecular flexibility index (Phi) is 5.30. The first kappa shape index (κ1) is 12.9. The average molecular weight is 240 g/mol. The van der Waals surface area contributed by atoms with Crippen molar-refractivity contribution >= 4 is 5.97 Å². The quantitative estimate of drug-likeness (QED) is 0.559. The summed E-state index contributed by atoms with van der Waals surface area (Å²) >= 11 is 0. The molecule has 0 spiro atoms. The Labute approximate surface area is 104 Å². The highest BCUT2D eigenvalue weighted by Crippen LogP contribution is 2.21. The third kappa shape index (κ3) is 4.66. The highest BCUT2D eigenvalue weighted by Gasteiger charge is 2.20. The van der Waals surface area contributed by atoms with Crippen molar-refractivity contribution in [2.45, 2.75) is 76.4 Å². The summed E-state index contributed by atoms with van der Waals surface area (Å²) < 4.78 is 11.0. The van der Waals surface area contributed by atoms with Crippen molar-refractivity contribution in [2.75, 3.05) is 6.61 Å². The summed E-state index contributed by atoms with van der Waals surface area (Å²) in [5.41, 5.74) is 0. The fourth-order valence-corrected chi connectivity index (χ4v) is 2.76. The van der Waals surface area contributed by atoms with Crippen molar-refractivity contribution in [3.63, 3.8) is 0 Å². The molecule has 2 rings (SSSR count). The van der Waals surface area contributed by atoms with Crippen LogP contribution in [0.2, 0.25) is 0 Å². The van der Waals surface area contributed by atoms with Crippen molar-refractivity contribution in [3.8, 4) is 0 Å². The molecule has 1 atom stereocenters. The van der Waals surface area contributed by atoms with Crippen LogP contribution >= 0.6 is 0 Å². The minimum absolute atomic E-state index is 0.0209. The normalized spacial score (nSPS) is 26.7. The van der Waals surface area contributed by atoms with Crippen LogP contribution < -0.4 is 0 Å². The molecule has 0 aromatic carbocycles. The minimum atomic E-state index is -0.0209. The largest absolute Gasteiger partial charge is 0.462 e. The SMILES string of the molecule is O=C(CCC1CCCO1)OC1CCCCCC1. The smallest absolute Gasteiger partial charge is 0.306 e. The maximum atomic E-state index is 11.7. The van der Waals surface area contributed by atoms with Crippen LogP contribution in [0.1, 0.15) is 64.2 Å². The van der Waals surface area contributed by atoms with Crippen molar-refractivity contribution in [1.82, 2.24) is 0 Å². The standard InChI is InChI=1S/C14H24O3/c15-14(10-9-12-8-5-11-16-12)17-13-6-3-1-2-4-7-13/h12-13H,1-11H2. The molecule has 1 unspecified atom stereocenters. The Morgan fingerprint density at radius 2 is 1.82 bits per heavy atom. The molecule has 17 heavy (non-hydrogen) atoms. The zero-order chi connectivity index (χ0) is 11.9. The van der Waals surface area contributed by atoms with E-state index in [-0.39, 0.29) is 12.1 Å². The Morgan fingerprint density at radius 1 is 1.06 bits per heavy atom. The highest BCUT2D eigenvalue weighted by molar-refractivity contribution is 5.69. The second kappa shape index (κ2) is 7.00. The molecule has 0 amide bonds.